The fraction of sp³-hybridized carbons (Fsp3) is 0.190. The first-order chi connectivity index (χ1) is 13.2. The first-order valence-electron chi connectivity index (χ1n) is 8.64. The molecule has 0 unspecified atom stereocenters. The highest BCUT2D eigenvalue weighted by Crippen LogP contribution is 2.18. The number of hydrogen-bond donors (Lipinski definition) is 1. The summed E-state index contributed by atoms with van der Waals surface area (Å²) in [5.74, 6) is 1.79. The summed E-state index contributed by atoms with van der Waals surface area (Å²) in [5, 5.41) is 2.83. The van der Waals surface area contributed by atoms with Gasteiger partial charge in [0.2, 0.25) is 0 Å². The minimum atomic E-state index is -0.181. The minimum absolute atomic E-state index is 0.0450. The fourth-order valence-corrected chi connectivity index (χ4v) is 2.46. The van der Waals surface area contributed by atoms with E-state index in [1.807, 2.05) is 42.5 Å². The largest absolute Gasteiger partial charge is 0.497 e. The van der Waals surface area contributed by atoms with Crippen molar-refractivity contribution in [2.24, 2.45) is 0 Å². The Morgan fingerprint density at radius 2 is 1.74 bits per heavy atom. The van der Waals surface area contributed by atoms with Gasteiger partial charge in [-0.25, -0.2) is 9.97 Å². The smallest absolute Gasteiger partial charge is 0.257 e. The first kappa shape index (κ1) is 18.4. The van der Waals surface area contributed by atoms with Gasteiger partial charge in [0.05, 0.1) is 7.11 Å². The molecule has 3 rings (SSSR count). The van der Waals surface area contributed by atoms with Gasteiger partial charge in [-0.2, -0.15) is 0 Å². The predicted octanol–water partition coefficient (Wildman–Crippen LogP) is 2.89. The summed E-state index contributed by atoms with van der Waals surface area (Å²) >= 11 is 0. The van der Waals surface area contributed by atoms with Gasteiger partial charge in [-0.3, -0.25) is 4.79 Å². The molecule has 0 bridgehead atoms. The van der Waals surface area contributed by atoms with Crippen LogP contribution in [0.25, 0.3) is 11.4 Å². The maximum absolute atomic E-state index is 11.9. The number of rotatable bonds is 8. The van der Waals surface area contributed by atoms with Crippen molar-refractivity contribution in [2.75, 3.05) is 20.3 Å². The standard InChI is InChI=1S/C21H21N3O3/c1-26-18-8-5-9-19(12-18)27-15-20(25)22-11-10-16-13-23-21(24-14-16)17-6-3-2-4-7-17/h2-9,12-14H,10-11,15H2,1H3,(H,22,25). The van der Waals surface area contributed by atoms with Crippen molar-refractivity contribution in [3.05, 3.63) is 72.6 Å². The summed E-state index contributed by atoms with van der Waals surface area (Å²) in [4.78, 5) is 20.7. The van der Waals surface area contributed by atoms with Crippen LogP contribution in [0.3, 0.4) is 0 Å². The number of carbonyl (C=O) groups is 1. The van der Waals surface area contributed by atoms with Crippen LogP contribution in [0.1, 0.15) is 5.56 Å². The fourth-order valence-electron chi connectivity index (χ4n) is 2.46. The molecule has 0 aliphatic carbocycles. The molecule has 1 heterocycles. The van der Waals surface area contributed by atoms with E-state index in [1.54, 1.807) is 31.6 Å². The Labute approximate surface area is 158 Å². The molecule has 3 aromatic rings. The molecular weight excluding hydrogens is 342 g/mol. The second kappa shape index (κ2) is 9.33. The van der Waals surface area contributed by atoms with Crippen LogP contribution in [0.15, 0.2) is 67.0 Å². The summed E-state index contributed by atoms with van der Waals surface area (Å²) in [6.07, 6.45) is 4.22. The van der Waals surface area contributed by atoms with Crippen molar-refractivity contribution < 1.29 is 14.3 Å². The number of aromatic nitrogens is 2. The zero-order valence-electron chi connectivity index (χ0n) is 15.1. The number of hydrogen-bond acceptors (Lipinski definition) is 5. The zero-order valence-corrected chi connectivity index (χ0v) is 15.1. The van der Waals surface area contributed by atoms with Crippen LogP contribution in [-0.4, -0.2) is 36.1 Å². The molecule has 0 aliphatic heterocycles. The predicted molar refractivity (Wildman–Crippen MR) is 103 cm³/mol. The summed E-state index contributed by atoms with van der Waals surface area (Å²) < 4.78 is 10.6. The topological polar surface area (TPSA) is 73.3 Å². The van der Waals surface area contributed by atoms with Crippen LogP contribution < -0.4 is 14.8 Å². The normalized spacial score (nSPS) is 10.3. The Bertz CT molecular complexity index is 867. The van der Waals surface area contributed by atoms with E-state index in [4.69, 9.17) is 9.47 Å². The van der Waals surface area contributed by atoms with Crippen LogP contribution in [0.4, 0.5) is 0 Å². The summed E-state index contributed by atoms with van der Waals surface area (Å²) in [6, 6.07) is 16.9. The average Bonchev–Trinajstić information content (AvgIpc) is 2.73. The van der Waals surface area contributed by atoms with Gasteiger partial charge in [-0.1, -0.05) is 36.4 Å². The third kappa shape index (κ3) is 5.54. The van der Waals surface area contributed by atoms with Crippen LogP contribution in [0, 0.1) is 0 Å². The van der Waals surface area contributed by atoms with Gasteiger partial charge >= 0.3 is 0 Å². The Morgan fingerprint density at radius 3 is 2.48 bits per heavy atom. The van der Waals surface area contributed by atoms with Crippen LogP contribution in [0.5, 0.6) is 11.5 Å². The molecule has 0 spiro atoms. The molecule has 0 atom stereocenters. The monoisotopic (exact) mass is 363 g/mol. The lowest BCUT2D eigenvalue weighted by molar-refractivity contribution is -0.123. The van der Waals surface area contributed by atoms with Crippen molar-refractivity contribution in [1.29, 1.82) is 0 Å². The lowest BCUT2D eigenvalue weighted by Gasteiger charge is -2.08. The molecule has 138 valence electrons. The SMILES string of the molecule is COc1cccc(OCC(=O)NCCc2cnc(-c3ccccc3)nc2)c1. The third-order valence-electron chi connectivity index (χ3n) is 3.88. The van der Waals surface area contributed by atoms with Crippen molar-refractivity contribution in [3.63, 3.8) is 0 Å². The van der Waals surface area contributed by atoms with Crippen LogP contribution in [-0.2, 0) is 11.2 Å². The molecule has 0 aliphatic rings. The van der Waals surface area contributed by atoms with Gasteiger partial charge in [-0.15, -0.1) is 0 Å². The molecule has 1 N–H and O–H groups in total. The van der Waals surface area contributed by atoms with E-state index < -0.39 is 0 Å². The van der Waals surface area contributed by atoms with E-state index >= 15 is 0 Å². The van der Waals surface area contributed by atoms with E-state index in [-0.39, 0.29) is 12.5 Å². The maximum atomic E-state index is 11.9. The van der Waals surface area contributed by atoms with E-state index in [0.717, 1.165) is 11.1 Å². The van der Waals surface area contributed by atoms with Gasteiger partial charge in [0.15, 0.2) is 12.4 Å². The number of carbonyl (C=O) groups excluding carboxylic acids is 1. The number of ether oxygens (including phenoxy) is 2. The van der Waals surface area contributed by atoms with E-state index in [0.29, 0.717) is 30.3 Å². The maximum Gasteiger partial charge on any atom is 0.257 e. The van der Waals surface area contributed by atoms with E-state index in [1.165, 1.54) is 0 Å². The second-order valence-electron chi connectivity index (χ2n) is 5.85. The Kier molecular flexibility index (Phi) is 6.35. The van der Waals surface area contributed by atoms with Crippen LogP contribution in [0.2, 0.25) is 0 Å². The number of amides is 1. The molecule has 6 nitrogen and oxygen atoms in total. The van der Waals surface area contributed by atoms with E-state index in [2.05, 4.69) is 15.3 Å². The van der Waals surface area contributed by atoms with E-state index in [9.17, 15) is 4.79 Å². The average molecular weight is 363 g/mol. The molecule has 1 aromatic heterocycles. The Morgan fingerprint density at radius 1 is 1.00 bits per heavy atom. The first-order valence-corrected chi connectivity index (χ1v) is 8.64. The number of benzene rings is 2. The highest BCUT2D eigenvalue weighted by atomic mass is 16.5. The molecular formula is C21H21N3O3. The second-order valence-corrected chi connectivity index (χ2v) is 5.85. The molecule has 2 aromatic carbocycles. The Balaban J connectivity index is 1.42. The molecule has 0 saturated heterocycles. The van der Waals surface area contributed by atoms with Gasteiger partial charge in [0, 0.05) is 30.6 Å². The number of nitrogens with one attached hydrogen (secondary N) is 1. The van der Waals surface area contributed by atoms with Crippen molar-refractivity contribution in [2.45, 2.75) is 6.42 Å². The quantitative estimate of drug-likeness (QED) is 0.666. The molecule has 1 amide bonds. The lowest BCUT2D eigenvalue weighted by Crippen LogP contribution is -2.30. The number of nitrogens with zero attached hydrogens (tertiary/aromatic N) is 2. The molecule has 0 radical (unpaired) electrons. The van der Waals surface area contributed by atoms with Crippen LogP contribution >= 0.6 is 0 Å². The minimum Gasteiger partial charge on any atom is -0.497 e. The highest BCUT2D eigenvalue weighted by Gasteiger charge is 2.05. The zero-order chi connectivity index (χ0) is 18.9. The summed E-state index contributed by atoms with van der Waals surface area (Å²) in [7, 11) is 1.59. The molecule has 6 heteroatoms. The summed E-state index contributed by atoms with van der Waals surface area (Å²) in [5.41, 5.74) is 1.94. The van der Waals surface area contributed by atoms with Crippen molar-refractivity contribution >= 4 is 5.91 Å². The lowest BCUT2D eigenvalue weighted by atomic mass is 10.2. The van der Waals surface area contributed by atoms with Gasteiger partial charge in [-0.05, 0) is 24.1 Å². The molecule has 27 heavy (non-hydrogen) atoms. The third-order valence-corrected chi connectivity index (χ3v) is 3.88. The van der Waals surface area contributed by atoms with Crippen molar-refractivity contribution in [3.8, 4) is 22.9 Å². The molecule has 0 saturated carbocycles. The Hall–Kier alpha value is -3.41. The van der Waals surface area contributed by atoms with Crippen molar-refractivity contribution in [1.82, 2.24) is 15.3 Å². The van der Waals surface area contributed by atoms with Gasteiger partial charge < -0.3 is 14.8 Å². The van der Waals surface area contributed by atoms with Gasteiger partial charge in [0.1, 0.15) is 11.5 Å². The van der Waals surface area contributed by atoms with Gasteiger partial charge in [0.25, 0.3) is 5.91 Å². The summed E-state index contributed by atoms with van der Waals surface area (Å²) in [6.45, 7) is 0.449. The number of methoxy groups -OCH3 is 1. The highest BCUT2D eigenvalue weighted by molar-refractivity contribution is 5.77. The molecule has 0 fully saturated rings.